The van der Waals surface area contributed by atoms with Crippen LogP contribution in [0.2, 0.25) is 0 Å². The number of nitrogens with zero attached hydrogens (tertiary/aromatic N) is 2. The highest BCUT2D eigenvalue weighted by Gasteiger charge is 2.21. The molecule has 20 heavy (non-hydrogen) atoms. The Balaban J connectivity index is 3.00. The molecule has 0 aliphatic rings. The molecule has 0 saturated carbocycles. The average molecular weight is 301 g/mol. The maximum atomic E-state index is 5.84. The summed E-state index contributed by atoms with van der Waals surface area (Å²) in [6.45, 7) is 9.11. The summed E-state index contributed by atoms with van der Waals surface area (Å²) in [7, 11) is 3.43. The van der Waals surface area contributed by atoms with Crippen LogP contribution in [0.1, 0.15) is 37.3 Å². The largest absolute Gasteiger partial charge is 0.383 e. The first-order valence-electron chi connectivity index (χ1n) is 6.99. The van der Waals surface area contributed by atoms with Gasteiger partial charge in [0, 0.05) is 32.2 Å². The maximum absolute atomic E-state index is 5.84. The van der Waals surface area contributed by atoms with E-state index in [-0.39, 0.29) is 6.04 Å². The lowest BCUT2D eigenvalue weighted by Gasteiger charge is -2.28. The molecule has 0 aliphatic heterocycles. The van der Waals surface area contributed by atoms with Gasteiger partial charge in [0.2, 0.25) is 0 Å². The molecule has 0 spiro atoms. The number of nitrogens with two attached hydrogens (primary N) is 1. The number of ether oxygens (including phenoxy) is 2. The van der Waals surface area contributed by atoms with E-state index in [0.29, 0.717) is 25.7 Å². The van der Waals surface area contributed by atoms with Crippen molar-refractivity contribution in [2.24, 2.45) is 5.73 Å². The van der Waals surface area contributed by atoms with Gasteiger partial charge in [0.25, 0.3) is 0 Å². The van der Waals surface area contributed by atoms with Crippen LogP contribution in [0.5, 0.6) is 0 Å². The monoisotopic (exact) mass is 301 g/mol. The molecule has 0 bridgehead atoms. The molecular formula is C14H27N3O2S. The standard InChI is InChI=1S/C14H27N3O2S/c1-10(2)13-12(8-15)20-14(16-13)17(6-7-18-4)11(3)9-19-5/h10-11H,6-9,15H2,1-5H3. The highest BCUT2D eigenvalue weighted by atomic mass is 32.1. The van der Waals surface area contributed by atoms with Gasteiger partial charge in [0.15, 0.2) is 5.13 Å². The smallest absolute Gasteiger partial charge is 0.186 e. The highest BCUT2D eigenvalue weighted by Crippen LogP contribution is 2.31. The first kappa shape index (κ1) is 17.4. The van der Waals surface area contributed by atoms with E-state index in [9.17, 15) is 0 Å². The molecule has 0 aromatic carbocycles. The van der Waals surface area contributed by atoms with Gasteiger partial charge >= 0.3 is 0 Å². The van der Waals surface area contributed by atoms with Crippen molar-refractivity contribution >= 4 is 16.5 Å². The maximum Gasteiger partial charge on any atom is 0.186 e. The van der Waals surface area contributed by atoms with E-state index < -0.39 is 0 Å². The fourth-order valence-corrected chi connectivity index (χ4v) is 3.32. The van der Waals surface area contributed by atoms with Gasteiger partial charge in [0.1, 0.15) is 0 Å². The van der Waals surface area contributed by atoms with Crippen molar-refractivity contribution in [3.63, 3.8) is 0 Å². The molecule has 1 heterocycles. The Labute approximate surface area is 126 Å². The summed E-state index contributed by atoms with van der Waals surface area (Å²) >= 11 is 1.68. The fourth-order valence-electron chi connectivity index (χ4n) is 2.10. The molecule has 5 nitrogen and oxygen atoms in total. The van der Waals surface area contributed by atoms with Crippen LogP contribution in [0.25, 0.3) is 0 Å². The summed E-state index contributed by atoms with van der Waals surface area (Å²) in [6.07, 6.45) is 0. The molecule has 0 amide bonds. The topological polar surface area (TPSA) is 60.6 Å². The molecule has 2 N–H and O–H groups in total. The summed E-state index contributed by atoms with van der Waals surface area (Å²) in [5.41, 5.74) is 6.95. The Hall–Kier alpha value is -0.690. The third kappa shape index (κ3) is 4.41. The second kappa shape index (κ2) is 8.56. The highest BCUT2D eigenvalue weighted by molar-refractivity contribution is 7.15. The quantitative estimate of drug-likeness (QED) is 0.758. The summed E-state index contributed by atoms with van der Waals surface area (Å²) in [4.78, 5) is 8.20. The van der Waals surface area contributed by atoms with Crippen molar-refractivity contribution in [1.29, 1.82) is 0 Å². The summed E-state index contributed by atoms with van der Waals surface area (Å²) in [5, 5.41) is 1.01. The van der Waals surface area contributed by atoms with Gasteiger partial charge in [-0.15, -0.1) is 11.3 Å². The van der Waals surface area contributed by atoms with E-state index in [4.69, 9.17) is 20.2 Å². The van der Waals surface area contributed by atoms with Crippen LogP contribution in [-0.2, 0) is 16.0 Å². The molecule has 1 unspecified atom stereocenters. The minimum Gasteiger partial charge on any atom is -0.383 e. The second-order valence-electron chi connectivity index (χ2n) is 5.15. The molecule has 1 atom stereocenters. The molecule has 0 aliphatic carbocycles. The van der Waals surface area contributed by atoms with Crippen molar-refractivity contribution < 1.29 is 9.47 Å². The molecule has 116 valence electrons. The van der Waals surface area contributed by atoms with Gasteiger partial charge in [-0.25, -0.2) is 4.98 Å². The van der Waals surface area contributed by atoms with Crippen LogP contribution in [0.15, 0.2) is 0 Å². The molecule has 1 rings (SSSR count). The van der Waals surface area contributed by atoms with Crippen molar-refractivity contribution in [2.45, 2.75) is 39.3 Å². The zero-order chi connectivity index (χ0) is 15.1. The van der Waals surface area contributed by atoms with Crippen LogP contribution in [0, 0.1) is 0 Å². The van der Waals surface area contributed by atoms with E-state index in [1.165, 1.54) is 4.88 Å². The average Bonchev–Trinajstić information content (AvgIpc) is 2.83. The van der Waals surface area contributed by atoms with Crippen molar-refractivity contribution in [3.05, 3.63) is 10.6 Å². The van der Waals surface area contributed by atoms with Crippen LogP contribution < -0.4 is 10.6 Å². The number of aromatic nitrogens is 1. The third-order valence-corrected chi connectivity index (χ3v) is 4.30. The number of rotatable bonds is 9. The van der Waals surface area contributed by atoms with Crippen LogP contribution in [0.4, 0.5) is 5.13 Å². The first-order valence-corrected chi connectivity index (χ1v) is 7.80. The minimum absolute atomic E-state index is 0.256. The zero-order valence-electron chi connectivity index (χ0n) is 13.2. The van der Waals surface area contributed by atoms with E-state index in [1.807, 2.05) is 0 Å². The Bertz CT molecular complexity index is 396. The molecule has 6 heteroatoms. The van der Waals surface area contributed by atoms with Crippen molar-refractivity contribution in [2.75, 3.05) is 38.9 Å². The zero-order valence-corrected chi connectivity index (χ0v) is 14.0. The van der Waals surface area contributed by atoms with Crippen LogP contribution in [0.3, 0.4) is 0 Å². The summed E-state index contributed by atoms with van der Waals surface area (Å²) < 4.78 is 10.5. The van der Waals surface area contributed by atoms with Crippen LogP contribution in [-0.4, -0.2) is 45.0 Å². The van der Waals surface area contributed by atoms with E-state index >= 15 is 0 Å². The number of hydrogen-bond acceptors (Lipinski definition) is 6. The van der Waals surface area contributed by atoms with Crippen molar-refractivity contribution in [3.8, 4) is 0 Å². The SMILES string of the molecule is COCCN(c1nc(C(C)C)c(CN)s1)C(C)COC. The number of thiazole rings is 1. The molecule has 0 saturated heterocycles. The molecule has 1 aromatic rings. The number of hydrogen-bond donors (Lipinski definition) is 1. The van der Waals surface area contributed by atoms with E-state index in [2.05, 4.69) is 25.7 Å². The van der Waals surface area contributed by atoms with Gasteiger partial charge in [0.05, 0.1) is 24.9 Å². The normalized spacial score (nSPS) is 12.9. The Morgan fingerprint density at radius 3 is 2.40 bits per heavy atom. The van der Waals surface area contributed by atoms with Crippen LogP contribution >= 0.6 is 11.3 Å². The van der Waals surface area contributed by atoms with Gasteiger partial charge in [-0.3, -0.25) is 0 Å². The summed E-state index contributed by atoms with van der Waals surface area (Å²) in [5.74, 6) is 0.389. The van der Waals surface area contributed by atoms with Gasteiger partial charge in [-0.2, -0.15) is 0 Å². The third-order valence-electron chi connectivity index (χ3n) is 3.17. The Kier molecular flexibility index (Phi) is 7.43. The molecular weight excluding hydrogens is 274 g/mol. The van der Waals surface area contributed by atoms with Crippen molar-refractivity contribution in [1.82, 2.24) is 4.98 Å². The summed E-state index contributed by atoms with van der Waals surface area (Å²) in [6, 6.07) is 0.256. The first-order chi connectivity index (χ1) is 9.54. The lowest BCUT2D eigenvalue weighted by molar-refractivity contribution is 0.171. The van der Waals surface area contributed by atoms with E-state index in [1.54, 1.807) is 25.6 Å². The van der Waals surface area contributed by atoms with Gasteiger partial charge in [-0.05, 0) is 12.8 Å². The fraction of sp³-hybridized carbons (Fsp3) is 0.786. The molecule has 1 aromatic heterocycles. The molecule has 0 fully saturated rings. The second-order valence-corrected chi connectivity index (χ2v) is 6.22. The predicted octanol–water partition coefficient (Wildman–Crippen LogP) is 2.21. The number of anilines is 1. The molecule has 0 radical (unpaired) electrons. The number of methoxy groups -OCH3 is 2. The Morgan fingerprint density at radius 1 is 1.25 bits per heavy atom. The lowest BCUT2D eigenvalue weighted by Crippen LogP contribution is -2.38. The predicted molar refractivity (Wildman–Crippen MR) is 84.7 cm³/mol. The van der Waals surface area contributed by atoms with E-state index in [0.717, 1.165) is 17.4 Å². The van der Waals surface area contributed by atoms with Gasteiger partial charge < -0.3 is 20.1 Å². The lowest BCUT2D eigenvalue weighted by atomic mass is 10.1. The Morgan fingerprint density at radius 2 is 1.95 bits per heavy atom. The van der Waals surface area contributed by atoms with Gasteiger partial charge in [-0.1, -0.05) is 13.8 Å². The minimum atomic E-state index is 0.256.